The summed E-state index contributed by atoms with van der Waals surface area (Å²) in [5.41, 5.74) is 2.35. The maximum Gasteiger partial charge on any atom is 0.243 e. The van der Waals surface area contributed by atoms with Gasteiger partial charge in [0.1, 0.15) is 0 Å². The molecule has 1 heterocycles. The monoisotopic (exact) mass is 268 g/mol. The number of benzene rings is 1. The molecule has 0 spiro atoms. The van der Waals surface area contributed by atoms with Crippen LogP contribution in [0.25, 0.3) is 0 Å². The number of hydrogen-bond donors (Lipinski definition) is 2. The molecule has 1 aromatic rings. The van der Waals surface area contributed by atoms with Crippen molar-refractivity contribution in [3.8, 4) is 0 Å². The molecule has 1 atom stereocenters. The Bertz CT molecular complexity index is 448. The summed E-state index contributed by atoms with van der Waals surface area (Å²) in [5, 5.41) is 5.51. The number of nitrogens with one attached hydrogen (secondary N) is 2. The Morgan fingerprint density at radius 1 is 1.39 bits per heavy atom. The average molecular weight is 269 g/mol. The maximum absolute atomic E-state index is 11.5. The number of rotatable bonds is 3. The van der Waals surface area contributed by atoms with Gasteiger partial charge in [-0.05, 0) is 18.9 Å². The van der Waals surface area contributed by atoms with Gasteiger partial charge in [0, 0.05) is 13.0 Å². The van der Waals surface area contributed by atoms with Gasteiger partial charge in [0.15, 0.2) is 0 Å². The topological polar surface area (TPSA) is 58.2 Å². The zero-order valence-electron chi connectivity index (χ0n) is 10.2. The lowest BCUT2D eigenvalue weighted by molar-refractivity contribution is -0.134. The number of hydrogen-bond acceptors (Lipinski definition) is 3. The van der Waals surface area contributed by atoms with Crippen molar-refractivity contribution in [3.05, 3.63) is 35.4 Å². The molecule has 0 radical (unpaired) electrons. The Morgan fingerprint density at radius 2 is 2.17 bits per heavy atom. The van der Waals surface area contributed by atoms with E-state index in [9.17, 15) is 9.59 Å². The fraction of sp³-hybridized carbons (Fsp3) is 0.385. The predicted octanol–water partition coefficient (Wildman–Crippen LogP) is 1.31. The van der Waals surface area contributed by atoms with Crippen LogP contribution in [0, 0.1) is 6.92 Å². The number of carbonyl (C=O) groups excluding carboxylic acids is 2. The van der Waals surface area contributed by atoms with E-state index in [2.05, 4.69) is 16.7 Å². The molecule has 0 aromatic heterocycles. The molecule has 0 saturated carbocycles. The summed E-state index contributed by atoms with van der Waals surface area (Å²) in [7, 11) is 0. The van der Waals surface area contributed by atoms with E-state index in [1.165, 1.54) is 5.56 Å². The quantitative estimate of drug-likeness (QED) is 0.813. The largest absolute Gasteiger partial charge is 0.302 e. The molecule has 1 fully saturated rings. The summed E-state index contributed by atoms with van der Waals surface area (Å²) in [6, 6.07) is 7.88. The van der Waals surface area contributed by atoms with Gasteiger partial charge in [-0.1, -0.05) is 29.8 Å². The third-order valence-corrected chi connectivity index (χ3v) is 2.87. The summed E-state index contributed by atoms with van der Waals surface area (Å²) in [6.45, 7) is 2.68. The molecule has 18 heavy (non-hydrogen) atoms. The van der Waals surface area contributed by atoms with Gasteiger partial charge in [0.05, 0.1) is 6.04 Å². The summed E-state index contributed by atoms with van der Waals surface area (Å²) in [4.78, 5) is 22.5. The predicted molar refractivity (Wildman–Crippen MR) is 71.4 cm³/mol. The first-order valence-corrected chi connectivity index (χ1v) is 5.78. The van der Waals surface area contributed by atoms with E-state index in [4.69, 9.17) is 0 Å². The number of piperidine rings is 1. The average Bonchev–Trinajstić information content (AvgIpc) is 2.28. The first-order valence-electron chi connectivity index (χ1n) is 5.78. The lowest BCUT2D eigenvalue weighted by Crippen LogP contribution is -2.50. The highest BCUT2D eigenvalue weighted by molar-refractivity contribution is 6.00. The van der Waals surface area contributed by atoms with Crippen LogP contribution >= 0.6 is 12.4 Å². The Kier molecular flexibility index (Phi) is 5.31. The van der Waals surface area contributed by atoms with Crippen LogP contribution in [0.15, 0.2) is 24.3 Å². The lowest BCUT2D eigenvalue weighted by Gasteiger charge is -2.21. The molecule has 2 N–H and O–H groups in total. The molecule has 1 aromatic carbocycles. The van der Waals surface area contributed by atoms with Crippen molar-refractivity contribution >= 4 is 24.2 Å². The molecule has 1 aliphatic heterocycles. The molecular formula is C13H17ClN2O2. The highest BCUT2D eigenvalue weighted by Crippen LogP contribution is 2.07. The molecule has 2 rings (SSSR count). The van der Waals surface area contributed by atoms with E-state index in [1.54, 1.807) is 0 Å². The van der Waals surface area contributed by atoms with E-state index in [1.807, 2.05) is 25.1 Å². The maximum atomic E-state index is 11.5. The lowest BCUT2D eigenvalue weighted by atomic mass is 10.1. The highest BCUT2D eigenvalue weighted by Gasteiger charge is 2.25. The second-order valence-corrected chi connectivity index (χ2v) is 4.37. The SMILES string of the molecule is Cc1cccc(CNC2CCC(=O)NC2=O)c1.Cl. The van der Waals surface area contributed by atoms with E-state index >= 15 is 0 Å². The summed E-state index contributed by atoms with van der Waals surface area (Å²) >= 11 is 0. The Hall–Kier alpha value is -1.39. The van der Waals surface area contributed by atoms with Crippen LogP contribution in [-0.4, -0.2) is 17.9 Å². The summed E-state index contributed by atoms with van der Waals surface area (Å²) < 4.78 is 0. The molecule has 4 nitrogen and oxygen atoms in total. The van der Waals surface area contributed by atoms with Crippen LogP contribution in [0.4, 0.5) is 0 Å². The van der Waals surface area contributed by atoms with Crippen LogP contribution < -0.4 is 10.6 Å². The van der Waals surface area contributed by atoms with E-state index in [-0.39, 0.29) is 30.3 Å². The second-order valence-electron chi connectivity index (χ2n) is 4.37. The molecule has 5 heteroatoms. The molecule has 1 unspecified atom stereocenters. The number of halogens is 1. The molecule has 1 aliphatic rings. The van der Waals surface area contributed by atoms with Gasteiger partial charge in [-0.15, -0.1) is 12.4 Å². The zero-order valence-corrected chi connectivity index (χ0v) is 11.0. The molecule has 1 saturated heterocycles. The number of amides is 2. The van der Waals surface area contributed by atoms with E-state index in [0.29, 0.717) is 19.4 Å². The van der Waals surface area contributed by atoms with Crippen LogP contribution in [0.5, 0.6) is 0 Å². The van der Waals surface area contributed by atoms with Crippen molar-refractivity contribution in [1.82, 2.24) is 10.6 Å². The van der Waals surface area contributed by atoms with Crippen LogP contribution in [-0.2, 0) is 16.1 Å². The fourth-order valence-electron chi connectivity index (χ4n) is 1.95. The van der Waals surface area contributed by atoms with Crippen LogP contribution in [0.3, 0.4) is 0 Å². The van der Waals surface area contributed by atoms with Crippen molar-refractivity contribution in [2.24, 2.45) is 0 Å². The number of carbonyl (C=O) groups is 2. The summed E-state index contributed by atoms with van der Waals surface area (Å²) in [6.07, 6.45) is 0.994. The minimum absolute atomic E-state index is 0. The van der Waals surface area contributed by atoms with Crippen LogP contribution in [0.2, 0.25) is 0 Å². The van der Waals surface area contributed by atoms with Crippen LogP contribution in [0.1, 0.15) is 24.0 Å². The van der Waals surface area contributed by atoms with E-state index in [0.717, 1.165) is 5.56 Å². The minimum Gasteiger partial charge on any atom is -0.302 e. The van der Waals surface area contributed by atoms with Gasteiger partial charge >= 0.3 is 0 Å². The van der Waals surface area contributed by atoms with Crippen molar-refractivity contribution in [3.63, 3.8) is 0 Å². The van der Waals surface area contributed by atoms with Gasteiger partial charge in [-0.2, -0.15) is 0 Å². The van der Waals surface area contributed by atoms with Gasteiger partial charge in [0.2, 0.25) is 11.8 Å². The van der Waals surface area contributed by atoms with Gasteiger partial charge in [0.25, 0.3) is 0 Å². The van der Waals surface area contributed by atoms with Crippen molar-refractivity contribution < 1.29 is 9.59 Å². The minimum atomic E-state index is -0.256. The zero-order chi connectivity index (χ0) is 12.3. The first kappa shape index (κ1) is 14.7. The van der Waals surface area contributed by atoms with Gasteiger partial charge in [-0.3, -0.25) is 14.9 Å². The van der Waals surface area contributed by atoms with E-state index < -0.39 is 0 Å². The number of aryl methyl sites for hydroxylation is 1. The van der Waals surface area contributed by atoms with Gasteiger partial charge < -0.3 is 5.32 Å². The summed E-state index contributed by atoms with van der Waals surface area (Å²) in [5.74, 6) is -0.391. The normalized spacial score (nSPS) is 19.1. The highest BCUT2D eigenvalue weighted by atomic mass is 35.5. The Labute approximate surface area is 113 Å². The van der Waals surface area contributed by atoms with Crippen molar-refractivity contribution in [1.29, 1.82) is 0 Å². The van der Waals surface area contributed by atoms with Crippen molar-refractivity contribution in [2.75, 3.05) is 0 Å². The van der Waals surface area contributed by atoms with Crippen molar-refractivity contribution in [2.45, 2.75) is 32.4 Å². The third-order valence-electron chi connectivity index (χ3n) is 2.87. The first-order chi connectivity index (χ1) is 8.15. The fourth-order valence-corrected chi connectivity index (χ4v) is 1.95. The molecule has 98 valence electrons. The number of imide groups is 1. The smallest absolute Gasteiger partial charge is 0.243 e. The van der Waals surface area contributed by atoms with Gasteiger partial charge in [-0.25, -0.2) is 0 Å². The molecular weight excluding hydrogens is 252 g/mol. The Morgan fingerprint density at radius 3 is 2.83 bits per heavy atom. The molecule has 2 amide bonds. The standard InChI is InChI=1S/C13H16N2O2.ClH/c1-9-3-2-4-10(7-9)8-14-11-5-6-12(16)15-13(11)17;/h2-4,7,11,14H,5-6,8H2,1H3,(H,15,16,17);1H. The molecule has 0 bridgehead atoms. The Balaban J connectivity index is 0.00000162. The second kappa shape index (κ2) is 6.52. The third kappa shape index (κ3) is 3.82. The molecule has 0 aliphatic carbocycles.